The van der Waals surface area contributed by atoms with Gasteiger partial charge in [0.25, 0.3) is 0 Å². The predicted molar refractivity (Wildman–Crippen MR) is 33.3 cm³/mol. The van der Waals surface area contributed by atoms with Crippen LogP contribution in [-0.4, -0.2) is 23.9 Å². The van der Waals surface area contributed by atoms with Gasteiger partial charge in [-0.1, -0.05) is 0 Å². The minimum atomic E-state index is -0.799. The van der Waals surface area contributed by atoms with E-state index in [1.54, 1.807) is 7.05 Å². The summed E-state index contributed by atoms with van der Waals surface area (Å²) >= 11 is 0. The Morgan fingerprint density at radius 1 is 1.62 bits per heavy atom. The number of nitrogens with two attached hydrogens (primary N) is 1. The zero-order chi connectivity index (χ0) is 6.78. The van der Waals surface area contributed by atoms with Crippen molar-refractivity contribution in [3.8, 4) is 0 Å². The van der Waals surface area contributed by atoms with Crippen molar-refractivity contribution in [3.05, 3.63) is 0 Å². The molecule has 0 spiro atoms. The first-order chi connectivity index (χ1) is 3.50. The van der Waals surface area contributed by atoms with Crippen LogP contribution >= 0.6 is 0 Å². The SMILES string of the molecule is CNC(C)(C)C(N)O. The molecule has 0 aliphatic carbocycles. The summed E-state index contributed by atoms with van der Waals surface area (Å²) in [7, 11) is 1.76. The van der Waals surface area contributed by atoms with Gasteiger partial charge in [-0.25, -0.2) is 0 Å². The summed E-state index contributed by atoms with van der Waals surface area (Å²) in [5.41, 5.74) is 4.80. The Morgan fingerprint density at radius 3 is 2.00 bits per heavy atom. The quantitative estimate of drug-likeness (QED) is 0.419. The van der Waals surface area contributed by atoms with Crippen molar-refractivity contribution in [2.24, 2.45) is 5.73 Å². The van der Waals surface area contributed by atoms with Crippen LogP contribution in [0.4, 0.5) is 0 Å². The summed E-state index contributed by atoms with van der Waals surface area (Å²) in [4.78, 5) is 0. The maximum Gasteiger partial charge on any atom is 0.120 e. The lowest BCUT2D eigenvalue weighted by atomic mass is 10.1. The van der Waals surface area contributed by atoms with Crippen molar-refractivity contribution >= 4 is 0 Å². The molecular formula is C5H14N2O. The monoisotopic (exact) mass is 118 g/mol. The molecule has 50 valence electrons. The lowest BCUT2D eigenvalue weighted by molar-refractivity contribution is 0.0914. The third-order valence-corrected chi connectivity index (χ3v) is 1.38. The Kier molecular flexibility index (Phi) is 2.40. The minimum Gasteiger partial charge on any atom is -0.377 e. The standard InChI is InChI=1S/C5H14N2O/c1-5(2,7-3)4(6)8/h4,7-8H,6H2,1-3H3. The summed E-state index contributed by atoms with van der Waals surface area (Å²) < 4.78 is 0. The van der Waals surface area contributed by atoms with Crippen molar-refractivity contribution < 1.29 is 5.11 Å². The highest BCUT2D eigenvalue weighted by Crippen LogP contribution is 2.01. The molecule has 0 aromatic carbocycles. The van der Waals surface area contributed by atoms with Crippen LogP contribution in [0.3, 0.4) is 0 Å². The fourth-order valence-corrected chi connectivity index (χ4v) is 0.148. The van der Waals surface area contributed by atoms with Gasteiger partial charge < -0.3 is 16.2 Å². The van der Waals surface area contributed by atoms with Gasteiger partial charge in [-0.2, -0.15) is 0 Å². The Balaban J connectivity index is 3.71. The topological polar surface area (TPSA) is 58.3 Å². The van der Waals surface area contributed by atoms with E-state index in [2.05, 4.69) is 5.32 Å². The maximum atomic E-state index is 8.80. The number of hydrogen-bond acceptors (Lipinski definition) is 3. The van der Waals surface area contributed by atoms with Gasteiger partial charge >= 0.3 is 0 Å². The van der Waals surface area contributed by atoms with Crippen LogP contribution in [0.15, 0.2) is 0 Å². The summed E-state index contributed by atoms with van der Waals surface area (Å²) in [5, 5.41) is 11.7. The molecule has 1 atom stereocenters. The first-order valence-electron chi connectivity index (χ1n) is 2.63. The lowest BCUT2D eigenvalue weighted by Gasteiger charge is -2.26. The predicted octanol–water partition coefficient (Wildman–Crippen LogP) is -0.738. The lowest BCUT2D eigenvalue weighted by Crippen LogP contribution is -2.52. The molecule has 0 aromatic heterocycles. The van der Waals surface area contributed by atoms with Gasteiger partial charge in [0, 0.05) is 0 Å². The zero-order valence-electron chi connectivity index (χ0n) is 5.60. The van der Waals surface area contributed by atoms with E-state index in [9.17, 15) is 0 Å². The van der Waals surface area contributed by atoms with Crippen LogP contribution in [-0.2, 0) is 0 Å². The van der Waals surface area contributed by atoms with Crippen molar-refractivity contribution in [3.63, 3.8) is 0 Å². The summed E-state index contributed by atoms with van der Waals surface area (Å²) in [6.45, 7) is 3.66. The Morgan fingerprint density at radius 2 is 2.00 bits per heavy atom. The van der Waals surface area contributed by atoms with E-state index in [0.717, 1.165) is 0 Å². The van der Waals surface area contributed by atoms with E-state index in [4.69, 9.17) is 10.8 Å². The van der Waals surface area contributed by atoms with E-state index in [1.807, 2.05) is 13.8 Å². The highest BCUT2D eigenvalue weighted by atomic mass is 16.3. The van der Waals surface area contributed by atoms with Crippen LogP contribution in [0.5, 0.6) is 0 Å². The van der Waals surface area contributed by atoms with Gasteiger partial charge in [0.15, 0.2) is 0 Å². The second-order valence-electron chi connectivity index (χ2n) is 2.42. The summed E-state index contributed by atoms with van der Waals surface area (Å²) in [6.07, 6.45) is -0.799. The first-order valence-corrected chi connectivity index (χ1v) is 2.63. The number of aliphatic hydroxyl groups excluding tert-OH is 1. The second-order valence-corrected chi connectivity index (χ2v) is 2.42. The molecule has 3 heteroatoms. The zero-order valence-corrected chi connectivity index (χ0v) is 5.60. The normalized spacial score (nSPS) is 16.1. The largest absolute Gasteiger partial charge is 0.377 e. The Labute approximate surface area is 49.9 Å². The van der Waals surface area contributed by atoms with E-state index < -0.39 is 6.23 Å². The minimum absolute atomic E-state index is 0.375. The summed E-state index contributed by atoms with van der Waals surface area (Å²) in [6, 6.07) is 0. The molecule has 0 aliphatic heterocycles. The third kappa shape index (κ3) is 1.78. The second kappa shape index (κ2) is 2.44. The molecule has 4 N–H and O–H groups in total. The fraction of sp³-hybridized carbons (Fsp3) is 1.00. The van der Waals surface area contributed by atoms with Crippen LogP contribution in [0, 0.1) is 0 Å². The molecule has 3 nitrogen and oxygen atoms in total. The molecule has 0 saturated heterocycles. The Hall–Kier alpha value is -0.120. The molecule has 0 rings (SSSR count). The van der Waals surface area contributed by atoms with E-state index in [0.29, 0.717) is 0 Å². The average Bonchev–Trinajstić information content (AvgIpc) is 1.67. The molecule has 8 heavy (non-hydrogen) atoms. The molecular weight excluding hydrogens is 104 g/mol. The van der Waals surface area contributed by atoms with Crippen molar-refractivity contribution in [2.45, 2.75) is 25.6 Å². The van der Waals surface area contributed by atoms with E-state index in [-0.39, 0.29) is 5.54 Å². The van der Waals surface area contributed by atoms with Crippen molar-refractivity contribution in [1.82, 2.24) is 5.32 Å². The molecule has 0 amide bonds. The number of nitrogens with one attached hydrogen (secondary N) is 1. The van der Waals surface area contributed by atoms with Gasteiger partial charge in [-0.05, 0) is 20.9 Å². The molecule has 0 radical (unpaired) electrons. The van der Waals surface area contributed by atoms with E-state index in [1.165, 1.54) is 0 Å². The highest BCUT2D eigenvalue weighted by molar-refractivity contribution is 4.79. The fourth-order valence-electron chi connectivity index (χ4n) is 0.148. The molecule has 0 saturated carbocycles. The van der Waals surface area contributed by atoms with Crippen LogP contribution < -0.4 is 11.1 Å². The average molecular weight is 118 g/mol. The van der Waals surface area contributed by atoms with Crippen molar-refractivity contribution in [1.29, 1.82) is 0 Å². The molecule has 1 unspecified atom stereocenters. The van der Waals surface area contributed by atoms with Crippen LogP contribution in [0.2, 0.25) is 0 Å². The molecule has 0 heterocycles. The van der Waals surface area contributed by atoms with Gasteiger partial charge in [0.1, 0.15) is 6.23 Å². The number of hydrogen-bond donors (Lipinski definition) is 3. The summed E-state index contributed by atoms with van der Waals surface area (Å²) in [5.74, 6) is 0. The smallest absolute Gasteiger partial charge is 0.120 e. The number of likely N-dealkylation sites (N-methyl/N-ethyl adjacent to an activating group) is 1. The first kappa shape index (κ1) is 7.88. The van der Waals surface area contributed by atoms with Crippen molar-refractivity contribution in [2.75, 3.05) is 7.05 Å². The van der Waals surface area contributed by atoms with Gasteiger partial charge in [0.05, 0.1) is 5.54 Å². The van der Waals surface area contributed by atoms with Gasteiger partial charge in [0.2, 0.25) is 0 Å². The molecule has 0 aromatic rings. The Bertz CT molecular complexity index is 70.8. The van der Waals surface area contributed by atoms with Gasteiger partial charge in [-0.15, -0.1) is 0 Å². The molecule has 0 bridgehead atoms. The highest BCUT2D eigenvalue weighted by Gasteiger charge is 2.20. The maximum absolute atomic E-state index is 8.80. The number of rotatable bonds is 2. The van der Waals surface area contributed by atoms with Crippen LogP contribution in [0.25, 0.3) is 0 Å². The van der Waals surface area contributed by atoms with Crippen LogP contribution in [0.1, 0.15) is 13.8 Å². The third-order valence-electron chi connectivity index (χ3n) is 1.38. The van der Waals surface area contributed by atoms with E-state index >= 15 is 0 Å². The molecule has 0 fully saturated rings. The molecule has 0 aliphatic rings. The van der Waals surface area contributed by atoms with Gasteiger partial charge in [-0.3, -0.25) is 0 Å². The number of aliphatic hydroxyl groups is 1.